The molecule has 2 aromatic rings. The van der Waals surface area contributed by atoms with Crippen LogP contribution in [0.1, 0.15) is 19.3 Å². The Balaban J connectivity index is 1.71. The van der Waals surface area contributed by atoms with Crippen LogP contribution in [0.25, 0.3) is 10.8 Å². The molecule has 11 heteroatoms. The zero-order valence-corrected chi connectivity index (χ0v) is 15.9. The molecule has 0 radical (unpaired) electrons. The number of hydrogen-bond acceptors (Lipinski definition) is 7. The summed E-state index contributed by atoms with van der Waals surface area (Å²) < 4.78 is 31.2. The molecule has 142 valence electrons. The minimum atomic E-state index is -3.33. The number of likely N-dealkylation sites (tertiary alicyclic amines) is 1. The standard InChI is InChI=1S/C15H20N4O5S2/c1-26(22,23)16-9-11-5-2-3-7-18(11)13(20)10-19-15(21)24-14(17-19)12-6-4-8-25-12/h4,6,8,11,16H,2-3,5,7,9-10H2,1H3/t11-/m0/s1. The van der Waals surface area contributed by atoms with Crippen molar-refractivity contribution in [3.05, 3.63) is 28.1 Å². The second-order valence-electron chi connectivity index (χ2n) is 6.17. The third-order valence-corrected chi connectivity index (χ3v) is 5.70. The van der Waals surface area contributed by atoms with Crippen molar-refractivity contribution < 1.29 is 17.6 Å². The zero-order chi connectivity index (χ0) is 18.7. The Labute approximate surface area is 154 Å². The summed E-state index contributed by atoms with van der Waals surface area (Å²) in [5.74, 6) is -0.783. The SMILES string of the molecule is CS(=O)(=O)NC[C@@H]1CCCCN1C(=O)Cn1nc(-c2cccs2)oc1=O. The van der Waals surface area contributed by atoms with E-state index in [2.05, 4.69) is 9.82 Å². The van der Waals surface area contributed by atoms with Crippen molar-refractivity contribution in [2.24, 2.45) is 0 Å². The molecule has 1 aliphatic rings. The predicted molar refractivity (Wildman–Crippen MR) is 96.3 cm³/mol. The first-order chi connectivity index (χ1) is 12.3. The number of carbonyl (C=O) groups is 1. The molecular formula is C15H20N4O5S2. The summed E-state index contributed by atoms with van der Waals surface area (Å²) in [6.07, 6.45) is 3.56. The summed E-state index contributed by atoms with van der Waals surface area (Å²) in [7, 11) is -3.33. The molecular weight excluding hydrogens is 380 g/mol. The second-order valence-corrected chi connectivity index (χ2v) is 8.95. The fraction of sp³-hybridized carbons (Fsp3) is 0.533. The second kappa shape index (κ2) is 7.72. The van der Waals surface area contributed by atoms with E-state index in [-0.39, 0.29) is 30.9 Å². The third kappa shape index (κ3) is 4.59. The van der Waals surface area contributed by atoms with Gasteiger partial charge in [-0.15, -0.1) is 16.4 Å². The highest BCUT2D eigenvalue weighted by Gasteiger charge is 2.28. The summed E-state index contributed by atoms with van der Waals surface area (Å²) in [5, 5.41) is 5.93. The van der Waals surface area contributed by atoms with Crippen LogP contribution in [-0.2, 0) is 21.4 Å². The first-order valence-corrected chi connectivity index (χ1v) is 11.0. The molecule has 1 atom stereocenters. The molecule has 1 N–H and O–H groups in total. The first kappa shape index (κ1) is 18.8. The van der Waals surface area contributed by atoms with Gasteiger partial charge < -0.3 is 9.32 Å². The number of piperidine rings is 1. The van der Waals surface area contributed by atoms with E-state index < -0.39 is 15.8 Å². The molecule has 2 aromatic heterocycles. The van der Waals surface area contributed by atoms with Crippen molar-refractivity contribution in [2.75, 3.05) is 19.3 Å². The number of rotatable bonds is 6. The summed E-state index contributed by atoms with van der Waals surface area (Å²) in [5.41, 5.74) is 0. The van der Waals surface area contributed by atoms with E-state index in [1.807, 2.05) is 11.4 Å². The van der Waals surface area contributed by atoms with Crippen molar-refractivity contribution in [3.8, 4) is 10.8 Å². The number of amides is 1. The Morgan fingerprint density at radius 3 is 2.96 bits per heavy atom. The average Bonchev–Trinajstić information content (AvgIpc) is 3.23. The van der Waals surface area contributed by atoms with Crippen LogP contribution in [0.2, 0.25) is 0 Å². The summed E-state index contributed by atoms with van der Waals surface area (Å²) >= 11 is 1.39. The number of nitrogens with one attached hydrogen (secondary N) is 1. The van der Waals surface area contributed by atoms with Crippen LogP contribution in [0.5, 0.6) is 0 Å². The lowest BCUT2D eigenvalue weighted by Crippen LogP contribution is -2.50. The Hall–Kier alpha value is -1.98. The number of carbonyl (C=O) groups excluding carboxylic acids is 1. The van der Waals surface area contributed by atoms with Crippen LogP contribution < -0.4 is 10.5 Å². The van der Waals surface area contributed by atoms with Crippen molar-refractivity contribution in [1.29, 1.82) is 0 Å². The third-order valence-electron chi connectivity index (χ3n) is 4.15. The molecule has 9 nitrogen and oxygen atoms in total. The van der Waals surface area contributed by atoms with Crippen LogP contribution in [0, 0.1) is 0 Å². The van der Waals surface area contributed by atoms with E-state index in [4.69, 9.17) is 4.42 Å². The number of hydrogen-bond donors (Lipinski definition) is 1. The highest BCUT2D eigenvalue weighted by molar-refractivity contribution is 7.88. The van der Waals surface area contributed by atoms with Crippen LogP contribution in [-0.4, -0.2) is 54.4 Å². The largest absolute Gasteiger partial charge is 0.437 e. The van der Waals surface area contributed by atoms with Gasteiger partial charge in [0.15, 0.2) is 0 Å². The monoisotopic (exact) mass is 400 g/mol. The molecule has 1 aliphatic heterocycles. The van der Waals surface area contributed by atoms with Crippen molar-refractivity contribution in [1.82, 2.24) is 19.4 Å². The van der Waals surface area contributed by atoms with Crippen LogP contribution >= 0.6 is 11.3 Å². The normalized spacial score (nSPS) is 18.2. The number of sulfonamides is 1. The first-order valence-electron chi connectivity index (χ1n) is 8.19. The Kier molecular flexibility index (Phi) is 5.58. The van der Waals surface area contributed by atoms with Gasteiger partial charge >= 0.3 is 5.76 Å². The van der Waals surface area contributed by atoms with Gasteiger partial charge in [0.2, 0.25) is 15.9 Å². The summed E-state index contributed by atoms with van der Waals surface area (Å²) in [6.45, 7) is 0.459. The molecule has 1 saturated heterocycles. The topological polar surface area (TPSA) is 115 Å². The average molecular weight is 400 g/mol. The molecule has 1 fully saturated rings. The molecule has 0 aliphatic carbocycles. The lowest BCUT2D eigenvalue weighted by Gasteiger charge is -2.35. The molecule has 0 spiro atoms. The van der Waals surface area contributed by atoms with Gasteiger partial charge in [-0.05, 0) is 30.7 Å². The molecule has 26 heavy (non-hydrogen) atoms. The van der Waals surface area contributed by atoms with E-state index in [0.29, 0.717) is 17.8 Å². The lowest BCUT2D eigenvalue weighted by atomic mass is 10.0. The fourth-order valence-corrected chi connectivity index (χ4v) is 4.05. The Bertz CT molecular complexity index is 916. The maximum atomic E-state index is 12.7. The van der Waals surface area contributed by atoms with Gasteiger partial charge in [0.25, 0.3) is 5.89 Å². The quantitative estimate of drug-likeness (QED) is 0.755. The number of thiophene rings is 1. The van der Waals surface area contributed by atoms with E-state index >= 15 is 0 Å². The molecule has 1 amide bonds. The van der Waals surface area contributed by atoms with Crippen molar-refractivity contribution >= 4 is 27.3 Å². The van der Waals surface area contributed by atoms with Crippen molar-refractivity contribution in [3.63, 3.8) is 0 Å². The van der Waals surface area contributed by atoms with Gasteiger partial charge in [0.05, 0.1) is 11.1 Å². The number of aromatic nitrogens is 2. The predicted octanol–water partition coefficient (Wildman–Crippen LogP) is 0.495. The van der Waals surface area contributed by atoms with Gasteiger partial charge in [0.1, 0.15) is 6.54 Å². The van der Waals surface area contributed by atoms with E-state index in [9.17, 15) is 18.0 Å². The van der Waals surface area contributed by atoms with Crippen LogP contribution in [0.3, 0.4) is 0 Å². The van der Waals surface area contributed by atoms with Crippen LogP contribution in [0.4, 0.5) is 0 Å². The molecule has 0 saturated carbocycles. The zero-order valence-electron chi connectivity index (χ0n) is 14.3. The molecule has 0 bridgehead atoms. The minimum Gasteiger partial charge on any atom is -0.387 e. The minimum absolute atomic E-state index is 0.165. The molecule has 0 unspecified atom stereocenters. The Morgan fingerprint density at radius 2 is 2.27 bits per heavy atom. The van der Waals surface area contributed by atoms with E-state index in [1.165, 1.54) is 11.3 Å². The highest BCUT2D eigenvalue weighted by Crippen LogP contribution is 2.21. The van der Waals surface area contributed by atoms with Crippen LogP contribution in [0.15, 0.2) is 26.7 Å². The van der Waals surface area contributed by atoms with Gasteiger partial charge in [-0.3, -0.25) is 4.79 Å². The van der Waals surface area contributed by atoms with Gasteiger partial charge in [0, 0.05) is 19.1 Å². The Morgan fingerprint density at radius 1 is 1.46 bits per heavy atom. The number of nitrogens with zero attached hydrogens (tertiary/aromatic N) is 3. The van der Waals surface area contributed by atoms with E-state index in [0.717, 1.165) is 23.8 Å². The smallest absolute Gasteiger partial charge is 0.387 e. The van der Waals surface area contributed by atoms with Gasteiger partial charge in [-0.1, -0.05) is 6.07 Å². The summed E-state index contributed by atoms with van der Waals surface area (Å²) in [4.78, 5) is 27.0. The maximum absolute atomic E-state index is 12.7. The molecule has 3 rings (SSSR count). The molecule has 0 aromatic carbocycles. The highest BCUT2D eigenvalue weighted by atomic mass is 32.2. The summed E-state index contributed by atoms with van der Waals surface area (Å²) in [6, 6.07) is 3.36. The van der Waals surface area contributed by atoms with Gasteiger partial charge in [-0.2, -0.15) is 4.68 Å². The van der Waals surface area contributed by atoms with Crippen molar-refractivity contribution in [2.45, 2.75) is 31.8 Å². The van der Waals surface area contributed by atoms with Gasteiger partial charge in [-0.25, -0.2) is 17.9 Å². The lowest BCUT2D eigenvalue weighted by molar-refractivity contribution is -0.135. The molecule has 3 heterocycles. The maximum Gasteiger partial charge on any atom is 0.437 e. The van der Waals surface area contributed by atoms with E-state index in [1.54, 1.807) is 11.0 Å². The fourth-order valence-electron chi connectivity index (χ4n) is 2.91.